The molecule has 0 bridgehead atoms. The lowest BCUT2D eigenvalue weighted by molar-refractivity contribution is -0.139. The topological polar surface area (TPSA) is 105 Å². The first-order chi connectivity index (χ1) is 17.0. The Balaban J connectivity index is 2.43. The molecular formula is C26H37N3O6S. The molecule has 0 radical (unpaired) electrons. The van der Waals surface area contributed by atoms with Gasteiger partial charge in [-0.25, -0.2) is 8.42 Å². The number of hydrogen-bond donors (Lipinski definition) is 1. The fraction of sp³-hybridized carbons (Fsp3) is 0.462. The van der Waals surface area contributed by atoms with E-state index in [1.54, 1.807) is 12.1 Å². The Kier molecular flexibility index (Phi) is 10.6. The Labute approximate surface area is 214 Å². The van der Waals surface area contributed by atoms with Gasteiger partial charge in [-0.15, -0.1) is 0 Å². The van der Waals surface area contributed by atoms with Gasteiger partial charge in [0.2, 0.25) is 21.8 Å². The van der Waals surface area contributed by atoms with Crippen molar-refractivity contribution in [1.82, 2.24) is 10.2 Å². The van der Waals surface area contributed by atoms with Gasteiger partial charge in [-0.1, -0.05) is 37.3 Å². The van der Waals surface area contributed by atoms with Crippen LogP contribution in [-0.4, -0.2) is 70.8 Å². The van der Waals surface area contributed by atoms with Crippen LogP contribution in [0.15, 0.2) is 48.5 Å². The molecule has 0 heterocycles. The Bertz CT molecular complexity index is 1120. The molecule has 1 atom stereocenters. The molecule has 198 valence electrons. The number of carbonyl (C=O) groups is 2. The maximum atomic E-state index is 13.7. The summed E-state index contributed by atoms with van der Waals surface area (Å²) in [6.07, 6.45) is 1.92. The molecule has 2 rings (SSSR count). The van der Waals surface area contributed by atoms with Crippen molar-refractivity contribution in [3.05, 3.63) is 54.1 Å². The molecule has 0 aliphatic rings. The fourth-order valence-corrected chi connectivity index (χ4v) is 4.72. The van der Waals surface area contributed by atoms with Crippen LogP contribution in [-0.2, 0) is 26.0 Å². The van der Waals surface area contributed by atoms with Crippen molar-refractivity contribution < 1.29 is 27.5 Å². The smallest absolute Gasteiger partial charge is 0.244 e. The van der Waals surface area contributed by atoms with Gasteiger partial charge in [0.05, 0.1) is 26.2 Å². The summed E-state index contributed by atoms with van der Waals surface area (Å²) in [6, 6.07) is 13.4. The number of hydrogen-bond acceptors (Lipinski definition) is 6. The molecule has 36 heavy (non-hydrogen) atoms. The van der Waals surface area contributed by atoms with E-state index in [2.05, 4.69) is 5.32 Å². The summed E-state index contributed by atoms with van der Waals surface area (Å²) in [5, 5.41) is 2.87. The van der Waals surface area contributed by atoms with E-state index in [0.29, 0.717) is 18.6 Å². The summed E-state index contributed by atoms with van der Waals surface area (Å²) in [4.78, 5) is 28.1. The zero-order valence-corrected chi connectivity index (χ0v) is 22.7. The molecule has 0 spiro atoms. The molecule has 2 aromatic rings. The Hall–Kier alpha value is -3.27. The van der Waals surface area contributed by atoms with Gasteiger partial charge in [0, 0.05) is 18.7 Å². The minimum Gasteiger partial charge on any atom is -0.497 e. The first kappa shape index (κ1) is 29.0. The number of sulfonamides is 1. The number of methoxy groups -OCH3 is 2. The van der Waals surface area contributed by atoms with Crippen molar-refractivity contribution in [3.63, 3.8) is 0 Å². The van der Waals surface area contributed by atoms with Crippen molar-refractivity contribution in [2.75, 3.05) is 37.9 Å². The van der Waals surface area contributed by atoms with E-state index < -0.39 is 28.5 Å². The summed E-state index contributed by atoms with van der Waals surface area (Å²) in [5.41, 5.74) is 1.21. The highest BCUT2D eigenvalue weighted by Gasteiger charge is 2.32. The van der Waals surface area contributed by atoms with Crippen LogP contribution in [0.25, 0.3) is 0 Å². The van der Waals surface area contributed by atoms with Crippen LogP contribution >= 0.6 is 0 Å². The number of nitrogens with one attached hydrogen (secondary N) is 1. The van der Waals surface area contributed by atoms with Crippen LogP contribution in [0, 0.1) is 0 Å². The SMILES string of the molecule is CC[C@H](C(=O)NC(C)C)N(CCc1ccccc1)C(=O)CN(c1ccc(OC)cc1OC)S(C)(=O)=O. The molecule has 0 unspecified atom stereocenters. The molecule has 0 fully saturated rings. The minimum atomic E-state index is -3.87. The molecule has 1 N–H and O–H groups in total. The fourth-order valence-electron chi connectivity index (χ4n) is 3.86. The second kappa shape index (κ2) is 13.2. The molecule has 2 amide bonds. The maximum absolute atomic E-state index is 13.7. The number of ether oxygens (including phenoxy) is 2. The van der Waals surface area contributed by atoms with Crippen LogP contribution in [0.4, 0.5) is 5.69 Å². The monoisotopic (exact) mass is 519 g/mol. The second-order valence-corrected chi connectivity index (χ2v) is 10.6. The van der Waals surface area contributed by atoms with Gasteiger partial charge >= 0.3 is 0 Å². The normalized spacial score (nSPS) is 12.1. The number of nitrogens with zero attached hydrogens (tertiary/aromatic N) is 2. The Morgan fingerprint density at radius 3 is 2.22 bits per heavy atom. The van der Waals surface area contributed by atoms with Gasteiger partial charge in [-0.3, -0.25) is 13.9 Å². The van der Waals surface area contributed by atoms with Gasteiger partial charge in [0.25, 0.3) is 0 Å². The van der Waals surface area contributed by atoms with Crippen molar-refractivity contribution in [3.8, 4) is 11.5 Å². The summed E-state index contributed by atoms with van der Waals surface area (Å²) in [5.74, 6) is -0.0360. The molecular weight excluding hydrogens is 482 g/mol. The van der Waals surface area contributed by atoms with Crippen LogP contribution in [0.1, 0.15) is 32.8 Å². The van der Waals surface area contributed by atoms with E-state index in [4.69, 9.17) is 9.47 Å². The summed E-state index contributed by atoms with van der Waals surface area (Å²) >= 11 is 0. The van der Waals surface area contributed by atoms with E-state index in [1.807, 2.05) is 51.1 Å². The highest BCUT2D eigenvalue weighted by atomic mass is 32.2. The van der Waals surface area contributed by atoms with E-state index in [9.17, 15) is 18.0 Å². The van der Waals surface area contributed by atoms with Crippen molar-refractivity contribution in [1.29, 1.82) is 0 Å². The lowest BCUT2D eigenvalue weighted by atomic mass is 10.1. The van der Waals surface area contributed by atoms with Crippen LogP contribution in [0.5, 0.6) is 11.5 Å². The van der Waals surface area contributed by atoms with Gasteiger partial charge in [-0.05, 0) is 44.4 Å². The third-order valence-electron chi connectivity index (χ3n) is 5.64. The van der Waals surface area contributed by atoms with E-state index in [0.717, 1.165) is 16.1 Å². The zero-order chi connectivity index (χ0) is 26.9. The van der Waals surface area contributed by atoms with Crippen LogP contribution in [0.3, 0.4) is 0 Å². The third-order valence-corrected chi connectivity index (χ3v) is 6.76. The number of amides is 2. The highest BCUT2D eigenvalue weighted by molar-refractivity contribution is 7.92. The minimum absolute atomic E-state index is 0.103. The van der Waals surface area contributed by atoms with E-state index in [-0.39, 0.29) is 29.9 Å². The zero-order valence-electron chi connectivity index (χ0n) is 21.9. The molecule has 9 nitrogen and oxygen atoms in total. The van der Waals surface area contributed by atoms with Crippen molar-refractivity contribution >= 4 is 27.5 Å². The first-order valence-corrected chi connectivity index (χ1v) is 13.7. The standard InChI is InChI=1S/C26H37N3O6S/c1-7-22(26(31)27-19(2)3)28(16-15-20-11-9-8-10-12-20)25(30)18-29(36(6,32)33)23-14-13-21(34-4)17-24(23)35-5/h8-14,17,19,22H,7,15-16,18H2,1-6H3,(H,27,31)/t22-/m1/s1. The highest BCUT2D eigenvalue weighted by Crippen LogP contribution is 2.33. The molecule has 2 aromatic carbocycles. The molecule has 0 saturated carbocycles. The third kappa shape index (κ3) is 7.87. The maximum Gasteiger partial charge on any atom is 0.244 e. The van der Waals surface area contributed by atoms with E-state index in [1.165, 1.54) is 25.2 Å². The molecule has 0 aliphatic carbocycles. The van der Waals surface area contributed by atoms with Crippen LogP contribution < -0.4 is 19.1 Å². The van der Waals surface area contributed by atoms with Gasteiger partial charge < -0.3 is 19.7 Å². The first-order valence-electron chi connectivity index (χ1n) is 11.8. The number of carbonyl (C=O) groups excluding carboxylic acids is 2. The van der Waals surface area contributed by atoms with Gasteiger partial charge in [0.1, 0.15) is 24.1 Å². The number of rotatable bonds is 13. The molecule has 0 saturated heterocycles. The van der Waals surface area contributed by atoms with Gasteiger partial charge in [-0.2, -0.15) is 0 Å². The predicted molar refractivity (Wildman–Crippen MR) is 141 cm³/mol. The Morgan fingerprint density at radius 1 is 1.03 bits per heavy atom. The lowest BCUT2D eigenvalue weighted by Crippen LogP contribution is -2.54. The van der Waals surface area contributed by atoms with Gasteiger partial charge in [0.15, 0.2) is 0 Å². The largest absolute Gasteiger partial charge is 0.497 e. The number of anilines is 1. The number of benzene rings is 2. The average molecular weight is 520 g/mol. The predicted octanol–water partition coefficient (Wildman–Crippen LogP) is 2.84. The quantitative estimate of drug-likeness (QED) is 0.436. The average Bonchev–Trinajstić information content (AvgIpc) is 2.84. The second-order valence-electron chi connectivity index (χ2n) is 8.72. The Morgan fingerprint density at radius 2 is 1.69 bits per heavy atom. The molecule has 10 heteroatoms. The summed E-state index contributed by atoms with van der Waals surface area (Å²) in [7, 11) is -0.970. The van der Waals surface area contributed by atoms with E-state index >= 15 is 0 Å². The summed E-state index contributed by atoms with van der Waals surface area (Å²) in [6.45, 7) is 5.30. The van der Waals surface area contributed by atoms with Crippen LogP contribution in [0.2, 0.25) is 0 Å². The van der Waals surface area contributed by atoms with Crippen molar-refractivity contribution in [2.45, 2.75) is 45.7 Å². The molecule has 0 aliphatic heterocycles. The van der Waals surface area contributed by atoms with Crippen molar-refractivity contribution in [2.24, 2.45) is 0 Å². The molecule has 0 aromatic heterocycles. The summed E-state index contributed by atoms with van der Waals surface area (Å²) < 4.78 is 37.2. The lowest BCUT2D eigenvalue weighted by Gasteiger charge is -2.33.